The molecule has 0 fully saturated rings. The van der Waals surface area contributed by atoms with Crippen LogP contribution in [0.4, 0.5) is 15.8 Å². The van der Waals surface area contributed by atoms with Gasteiger partial charge >= 0.3 is 0 Å². The van der Waals surface area contributed by atoms with Crippen molar-refractivity contribution in [1.29, 1.82) is 0 Å². The quantitative estimate of drug-likeness (QED) is 0.238. The van der Waals surface area contributed by atoms with Crippen LogP contribution in [0.5, 0.6) is 5.75 Å². The van der Waals surface area contributed by atoms with Gasteiger partial charge in [-0.25, -0.2) is 9.82 Å². The van der Waals surface area contributed by atoms with Gasteiger partial charge in [-0.05, 0) is 29.3 Å². The van der Waals surface area contributed by atoms with E-state index in [0.29, 0.717) is 11.1 Å². The number of carbonyl (C=O) groups is 1. The highest BCUT2D eigenvalue weighted by Gasteiger charge is 2.22. The smallest absolute Gasteiger partial charge is 0.271 e. The van der Waals surface area contributed by atoms with E-state index in [1.165, 1.54) is 36.5 Å². The summed E-state index contributed by atoms with van der Waals surface area (Å²) in [6.07, 6.45) is 1.35. The van der Waals surface area contributed by atoms with E-state index in [1.807, 2.05) is 0 Å². The first-order chi connectivity index (χ1) is 14.4. The number of hydrazone groups is 1. The number of rotatable bonds is 7. The van der Waals surface area contributed by atoms with Crippen molar-refractivity contribution in [3.05, 3.63) is 99.9 Å². The number of amides is 1. The van der Waals surface area contributed by atoms with Crippen LogP contribution in [-0.4, -0.2) is 22.2 Å². The van der Waals surface area contributed by atoms with Gasteiger partial charge in [0.15, 0.2) is 0 Å². The minimum Gasteiger partial charge on any atom is -0.506 e. The summed E-state index contributed by atoms with van der Waals surface area (Å²) in [6, 6.07) is 16.6. The lowest BCUT2D eigenvalue weighted by molar-refractivity contribution is -0.384. The molecule has 1 unspecified atom stereocenters. The van der Waals surface area contributed by atoms with Crippen LogP contribution in [0.1, 0.15) is 17.2 Å². The standard InChI is InChI=1S/C21H17FN4O4/c22-16-8-6-14(7-9-16)13-23-25-21(28)20(15-4-2-1-3-5-15)24-18-12-17(26(29)30)10-11-19(18)27/h1-13,20,24,27H,(H,25,28). The number of hydrogen-bond donors (Lipinski definition) is 3. The van der Waals surface area contributed by atoms with Crippen LogP contribution in [-0.2, 0) is 4.79 Å². The molecular formula is C21H17FN4O4. The summed E-state index contributed by atoms with van der Waals surface area (Å²) in [7, 11) is 0. The van der Waals surface area contributed by atoms with E-state index in [4.69, 9.17) is 0 Å². The summed E-state index contributed by atoms with van der Waals surface area (Å²) in [4.78, 5) is 23.2. The van der Waals surface area contributed by atoms with Crippen molar-refractivity contribution in [2.75, 3.05) is 5.32 Å². The zero-order valence-electron chi connectivity index (χ0n) is 15.5. The van der Waals surface area contributed by atoms with E-state index in [2.05, 4.69) is 15.8 Å². The Bertz CT molecular complexity index is 1070. The fraction of sp³-hybridized carbons (Fsp3) is 0.0476. The molecule has 0 aliphatic carbocycles. The Labute approximate surface area is 170 Å². The van der Waals surface area contributed by atoms with Crippen molar-refractivity contribution in [3.63, 3.8) is 0 Å². The molecule has 8 nitrogen and oxygen atoms in total. The van der Waals surface area contributed by atoms with E-state index in [9.17, 15) is 24.4 Å². The number of carbonyl (C=O) groups excluding carboxylic acids is 1. The molecule has 3 aromatic carbocycles. The van der Waals surface area contributed by atoms with Gasteiger partial charge in [0.25, 0.3) is 11.6 Å². The van der Waals surface area contributed by atoms with Gasteiger partial charge < -0.3 is 10.4 Å². The van der Waals surface area contributed by atoms with Crippen molar-refractivity contribution in [1.82, 2.24) is 5.43 Å². The van der Waals surface area contributed by atoms with Crippen LogP contribution in [0.2, 0.25) is 0 Å². The molecule has 0 radical (unpaired) electrons. The number of hydrogen-bond acceptors (Lipinski definition) is 6. The van der Waals surface area contributed by atoms with Gasteiger partial charge in [-0.2, -0.15) is 5.10 Å². The SMILES string of the molecule is O=C(NN=Cc1ccc(F)cc1)C(Nc1cc([N+](=O)[O-])ccc1O)c1ccccc1. The molecular weight excluding hydrogens is 391 g/mol. The third-order valence-electron chi connectivity index (χ3n) is 4.14. The second-order valence-electron chi connectivity index (χ2n) is 6.23. The van der Waals surface area contributed by atoms with E-state index in [0.717, 1.165) is 12.1 Å². The minimum atomic E-state index is -0.996. The summed E-state index contributed by atoms with van der Waals surface area (Å²) < 4.78 is 13.0. The molecule has 0 aromatic heterocycles. The van der Waals surface area contributed by atoms with Crippen LogP contribution >= 0.6 is 0 Å². The third-order valence-corrected chi connectivity index (χ3v) is 4.14. The van der Waals surface area contributed by atoms with E-state index in [-0.39, 0.29) is 22.9 Å². The van der Waals surface area contributed by atoms with Crippen LogP contribution < -0.4 is 10.7 Å². The Morgan fingerprint density at radius 3 is 2.47 bits per heavy atom. The van der Waals surface area contributed by atoms with Crippen LogP contribution in [0, 0.1) is 15.9 Å². The van der Waals surface area contributed by atoms with Gasteiger partial charge in [0.1, 0.15) is 17.6 Å². The second kappa shape index (κ2) is 9.28. The molecule has 1 amide bonds. The number of nitrogens with zero attached hydrogens (tertiary/aromatic N) is 2. The van der Waals surface area contributed by atoms with Crippen molar-refractivity contribution < 1.29 is 19.2 Å². The van der Waals surface area contributed by atoms with Gasteiger partial charge in [0.2, 0.25) is 0 Å². The first kappa shape index (κ1) is 20.5. The molecule has 9 heteroatoms. The van der Waals surface area contributed by atoms with Gasteiger partial charge in [0, 0.05) is 12.1 Å². The van der Waals surface area contributed by atoms with Crippen molar-refractivity contribution in [3.8, 4) is 5.75 Å². The lowest BCUT2D eigenvalue weighted by Crippen LogP contribution is -2.30. The monoisotopic (exact) mass is 408 g/mol. The van der Waals surface area contributed by atoms with Crippen LogP contribution in [0.25, 0.3) is 0 Å². The fourth-order valence-electron chi connectivity index (χ4n) is 2.64. The lowest BCUT2D eigenvalue weighted by atomic mass is 10.1. The lowest BCUT2D eigenvalue weighted by Gasteiger charge is -2.19. The molecule has 0 aliphatic rings. The number of phenols is 1. The molecule has 0 heterocycles. The number of nitro groups is 1. The Balaban J connectivity index is 1.82. The largest absolute Gasteiger partial charge is 0.506 e. The molecule has 0 spiro atoms. The normalized spacial score (nSPS) is 11.8. The Kier molecular flexibility index (Phi) is 6.33. The first-order valence-electron chi connectivity index (χ1n) is 8.81. The van der Waals surface area contributed by atoms with E-state index >= 15 is 0 Å². The number of nitrogens with one attached hydrogen (secondary N) is 2. The molecule has 0 saturated carbocycles. The average molecular weight is 408 g/mol. The Hall–Kier alpha value is -4.27. The number of phenolic OH excluding ortho intramolecular Hbond substituents is 1. The predicted molar refractivity (Wildman–Crippen MR) is 110 cm³/mol. The highest BCUT2D eigenvalue weighted by atomic mass is 19.1. The molecule has 3 N–H and O–H groups in total. The number of nitro benzene ring substituents is 1. The Morgan fingerprint density at radius 2 is 1.80 bits per heavy atom. The summed E-state index contributed by atoms with van der Waals surface area (Å²) in [5.74, 6) is -1.20. The fourth-order valence-corrected chi connectivity index (χ4v) is 2.64. The molecule has 0 bridgehead atoms. The third kappa shape index (κ3) is 5.16. The topological polar surface area (TPSA) is 117 Å². The molecule has 30 heavy (non-hydrogen) atoms. The molecule has 3 aromatic rings. The van der Waals surface area contributed by atoms with E-state index in [1.54, 1.807) is 30.3 Å². The molecule has 152 valence electrons. The summed E-state index contributed by atoms with van der Waals surface area (Å²) in [5.41, 5.74) is 3.30. The van der Waals surface area contributed by atoms with Crippen molar-refractivity contribution in [2.24, 2.45) is 5.10 Å². The molecule has 0 saturated heterocycles. The predicted octanol–water partition coefficient (Wildman–Crippen LogP) is 3.74. The summed E-state index contributed by atoms with van der Waals surface area (Å²) >= 11 is 0. The maximum absolute atomic E-state index is 13.0. The minimum absolute atomic E-state index is 0.0238. The number of non-ortho nitro benzene ring substituents is 1. The Morgan fingerprint density at radius 1 is 1.10 bits per heavy atom. The zero-order chi connectivity index (χ0) is 21.5. The number of anilines is 1. The van der Waals surface area contributed by atoms with E-state index < -0.39 is 16.9 Å². The number of halogens is 1. The molecule has 0 aliphatic heterocycles. The van der Waals surface area contributed by atoms with Crippen LogP contribution in [0.3, 0.4) is 0 Å². The average Bonchev–Trinajstić information content (AvgIpc) is 2.75. The van der Waals surface area contributed by atoms with Crippen molar-refractivity contribution in [2.45, 2.75) is 6.04 Å². The first-order valence-corrected chi connectivity index (χ1v) is 8.81. The maximum Gasteiger partial charge on any atom is 0.271 e. The molecule has 3 rings (SSSR count). The molecule has 1 atom stereocenters. The van der Waals surface area contributed by atoms with Gasteiger partial charge in [-0.1, -0.05) is 42.5 Å². The van der Waals surface area contributed by atoms with Gasteiger partial charge in [0.05, 0.1) is 16.8 Å². The maximum atomic E-state index is 13.0. The zero-order valence-corrected chi connectivity index (χ0v) is 15.5. The van der Waals surface area contributed by atoms with Crippen LogP contribution in [0.15, 0.2) is 77.9 Å². The summed E-state index contributed by atoms with van der Waals surface area (Å²) in [6.45, 7) is 0. The summed E-state index contributed by atoms with van der Waals surface area (Å²) in [5, 5.41) is 27.8. The van der Waals surface area contributed by atoms with Gasteiger partial charge in [-0.15, -0.1) is 0 Å². The number of benzene rings is 3. The number of aromatic hydroxyl groups is 1. The van der Waals surface area contributed by atoms with Crippen molar-refractivity contribution >= 4 is 23.5 Å². The highest BCUT2D eigenvalue weighted by Crippen LogP contribution is 2.31. The second-order valence-corrected chi connectivity index (χ2v) is 6.23. The highest BCUT2D eigenvalue weighted by molar-refractivity contribution is 5.88. The van der Waals surface area contributed by atoms with Gasteiger partial charge in [-0.3, -0.25) is 14.9 Å².